The van der Waals surface area contributed by atoms with Crippen molar-refractivity contribution in [3.8, 4) is 0 Å². The smallest absolute Gasteiger partial charge is 0.238 e. The summed E-state index contributed by atoms with van der Waals surface area (Å²) in [6, 6.07) is 6.16. The van der Waals surface area contributed by atoms with Crippen LogP contribution in [0.15, 0.2) is 18.2 Å². The Hall–Kier alpha value is -1.06. The second-order valence-electron chi connectivity index (χ2n) is 5.35. The van der Waals surface area contributed by atoms with Gasteiger partial charge in [-0.05, 0) is 50.9 Å². The van der Waals surface area contributed by atoms with Crippen molar-refractivity contribution < 1.29 is 4.79 Å². The maximum absolute atomic E-state index is 12.1. The Kier molecular flexibility index (Phi) is 4.83. The molecule has 1 aliphatic rings. The van der Waals surface area contributed by atoms with E-state index in [-0.39, 0.29) is 5.91 Å². The zero-order chi connectivity index (χ0) is 13.8. The number of aryl methyl sites for hydroxylation is 1. The minimum Gasteiger partial charge on any atom is -0.324 e. The Balaban J connectivity index is 1.93. The molecule has 0 spiro atoms. The number of anilines is 1. The number of benzene rings is 1. The highest BCUT2D eigenvalue weighted by Gasteiger charge is 2.20. The fraction of sp³-hybridized carbons (Fsp3) is 0.533. The summed E-state index contributed by atoms with van der Waals surface area (Å²) < 4.78 is 0. The average Bonchev–Trinajstić information content (AvgIpc) is 2.36. The lowest BCUT2D eigenvalue weighted by Gasteiger charge is -2.32. The summed E-state index contributed by atoms with van der Waals surface area (Å²) in [7, 11) is 0. The van der Waals surface area contributed by atoms with Gasteiger partial charge in [0.2, 0.25) is 5.91 Å². The lowest BCUT2D eigenvalue weighted by Crippen LogP contribution is -2.42. The topological polar surface area (TPSA) is 32.3 Å². The van der Waals surface area contributed by atoms with Gasteiger partial charge in [-0.3, -0.25) is 9.69 Å². The zero-order valence-corrected chi connectivity index (χ0v) is 12.3. The van der Waals surface area contributed by atoms with Gasteiger partial charge in [0.1, 0.15) is 0 Å². The van der Waals surface area contributed by atoms with Gasteiger partial charge in [0, 0.05) is 6.04 Å². The van der Waals surface area contributed by atoms with E-state index in [1.807, 2.05) is 25.1 Å². The van der Waals surface area contributed by atoms with Gasteiger partial charge in [0.05, 0.1) is 17.3 Å². The van der Waals surface area contributed by atoms with Crippen molar-refractivity contribution in [3.05, 3.63) is 28.8 Å². The fourth-order valence-corrected chi connectivity index (χ4v) is 2.77. The van der Waals surface area contributed by atoms with Crippen LogP contribution in [0, 0.1) is 6.92 Å². The van der Waals surface area contributed by atoms with Crippen LogP contribution in [0.2, 0.25) is 5.02 Å². The second-order valence-corrected chi connectivity index (χ2v) is 5.75. The number of nitrogens with zero attached hydrogens (tertiary/aromatic N) is 1. The molecule has 1 atom stereocenters. The summed E-state index contributed by atoms with van der Waals surface area (Å²) in [5.74, 6) is 0.0134. The van der Waals surface area contributed by atoms with Crippen LogP contribution in [0.3, 0.4) is 0 Å². The number of hydrogen-bond donors (Lipinski definition) is 1. The van der Waals surface area contributed by atoms with Gasteiger partial charge < -0.3 is 5.32 Å². The highest BCUT2D eigenvalue weighted by atomic mass is 35.5. The maximum atomic E-state index is 12.1. The van der Waals surface area contributed by atoms with Gasteiger partial charge in [-0.2, -0.15) is 0 Å². The van der Waals surface area contributed by atoms with E-state index in [9.17, 15) is 4.79 Å². The first-order valence-electron chi connectivity index (χ1n) is 6.86. The molecule has 1 aromatic carbocycles. The third kappa shape index (κ3) is 3.95. The molecule has 0 unspecified atom stereocenters. The van der Waals surface area contributed by atoms with E-state index < -0.39 is 0 Å². The first kappa shape index (κ1) is 14.4. The molecule has 0 radical (unpaired) electrons. The quantitative estimate of drug-likeness (QED) is 0.920. The molecule has 1 N–H and O–H groups in total. The minimum atomic E-state index is 0.0134. The van der Waals surface area contributed by atoms with Gasteiger partial charge >= 0.3 is 0 Å². The molecule has 0 aliphatic carbocycles. The van der Waals surface area contributed by atoms with Crippen molar-refractivity contribution in [2.45, 2.75) is 39.2 Å². The van der Waals surface area contributed by atoms with Crippen molar-refractivity contribution >= 4 is 23.2 Å². The van der Waals surface area contributed by atoms with Crippen molar-refractivity contribution in [2.75, 3.05) is 18.4 Å². The maximum Gasteiger partial charge on any atom is 0.238 e. The Labute approximate surface area is 119 Å². The van der Waals surface area contributed by atoms with Crippen LogP contribution in [-0.4, -0.2) is 29.9 Å². The predicted octanol–water partition coefficient (Wildman–Crippen LogP) is 3.46. The van der Waals surface area contributed by atoms with Crippen LogP contribution in [0.1, 0.15) is 31.7 Å². The first-order chi connectivity index (χ1) is 9.06. The van der Waals surface area contributed by atoms with Crippen molar-refractivity contribution in [3.63, 3.8) is 0 Å². The van der Waals surface area contributed by atoms with Crippen molar-refractivity contribution in [2.24, 2.45) is 0 Å². The molecule has 2 rings (SSSR count). The third-order valence-electron chi connectivity index (χ3n) is 3.69. The monoisotopic (exact) mass is 280 g/mol. The summed E-state index contributed by atoms with van der Waals surface area (Å²) in [4.78, 5) is 14.3. The first-order valence-corrected chi connectivity index (χ1v) is 7.24. The number of rotatable bonds is 3. The van der Waals surface area contributed by atoms with Crippen LogP contribution in [0.5, 0.6) is 0 Å². The second kappa shape index (κ2) is 6.40. The number of piperidine rings is 1. The zero-order valence-electron chi connectivity index (χ0n) is 11.6. The number of likely N-dealkylation sites (tertiary alicyclic amines) is 1. The molecular formula is C15H21ClN2O. The van der Waals surface area contributed by atoms with Gasteiger partial charge in [-0.15, -0.1) is 0 Å². The molecule has 1 aromatic rings. The number of halogens is 1. The standard InChI is InChI=1S/C15H21ClN2O/c1-11-6-7-14(13(16)9-11)17-15(19)10-18-8-4-3-5-12(18)2/h6-7,9,12H,3-5,8,10H2,1-2H3,(H,17,19)/t12-/m0/s1. The lowest BCUT2D eigenvalue weighted by molar-refractivity contribution is -0.118. The molecule has 1 amide bonds. The van der Waals surface area contributed by atoms with Crippen LogP contribution < -0.4 is 5.32 Å². The highest BCUT2D eigenvalue weighted by Crippen LogP contribution is 2.23. The van der Waals surface area contributed by atoms with Crippen LogP contribution in [-0.2, 0) is 4.79 Å². The molecule has 19 heavy (non-hydrogen) atoms. The van der Waals surface area contributed by atoms with Crippen LogP contribution in [0.25, 0.3) is 0 Å². The molecule has 3 nitrogen and oxygen atoms in total. The van der Waals surface area contributed by atoms with E-state index in [2.05, 4.69) is 17.1 Å². The van der Waals surface area contributed by atoms with Crippen LogP contribution >= 0.6 is 11.6 Å². The highest BCUT2D eigenvalue weighted by molar-refractivity contribution is 6.33. The summed E-state index contributed by atoms with van der Waals surface area (Å²) in [5.41, 5.74) is 1.79. The summed E-state index contributed by atoms with van der Waals surface area (Å²) in [6.07, 6.45) is 3.63. The molecule has 0 bridgehead atoms. The largest absolute Gasteiger partial charge is 0.324 e. The molecule has 1 heterocycles. The lowest BCUT2D eigenvalue weighted by atomic mass is 10.0. The molecule has 1 aliphatic heterocycles. The summed E-state index contributed by atoms with van der Waals surface area (Å²) in [5, 5.41) is 3.49. The Morgan fingerprint density at radius 3 is 2.95 bits per heavy atom. The van der Waals surface area contributed by atoms with Crippen LogP contribution in [0.4, 0.5) is 5.69 Å². The average molecular weight is 281 g/mol. The number of amides is 1. The number of carbonyl (C=O) groups is 1. The molecule has 104 valence electrons. The Bertz CT molecular complexity index is 461. The van der Waals surface area contributed by atoms with Gasteiger partial charge in [0.25, 0.3) is 0 Å². The fourth-order valence-electron chi connectivity index (χ4n) is 2.49. The third-order valence-corrected chi connectivity index (χ3v) is 4.00. The molecule has 0 saturated carbocycles. The molecule has 0 aromatic heterocycles. The van der Waals surface area contributed by atoms with Gasteiger partial charge in [-0.1, -0.05) is 24.1 Å². The predicted molar refractivity (Wildman–Crippen MR) is 79.7 cm³/mol. The van der Waals surface area contributed by atoms with Crippen molar-refractivity contribution in [1.29, 1.82) is 0 Å². The van der Waals surface area contributed by atoms with Gasteiger partial charge in [-0.25, -0.2) is 0 Å². The molecule has 4 heteroatoms. The van der Waals surface area contributed by atoms with E-state index in [1.54, 1.807) is 0 Å². The van der Waals surface area contributed by atoms with E-state index in [4.69, 9.17) is 11.6 Å². The van der Waals surface area contributed by atoms with E-state index in [0.29, 0.717) is 23.3 Å². The Morgan fingerprint density at radius 2 is 2.26 bits per heavy atom. The van der Waals surface area contributed by atoms with E-state index in [1.165, 1.54) is 19.3 Å². The normalized spacial score (nSPS) is 20.3. The molecular weight excluding hydrogens is 260 g/mol. The molecule has 1 saturated heterocycles. The number of carbonyl (C=O) groups excluding carboxylic acids is 1. The van der Waals surface area contributed by atoms with E-state index >= 15 is 0 Å². The van der Waals surface area contributed by atoms with Crippen molar-refractivity contribution in [1.82, 2.24) is 4.90 Å². The number of hydrogen-bond acceptors (Lipinski definition) is 2. The molecule has 1 fully saturated rings. The SMILES string of the molecule is Cc1ccc(NC(=O)CN2CCCC[C@@H]2C)c(Cl)c1. The Morgan fingerprint density at radius 1 is 1.47 bits per heavy atom. The number of nitrogens with one attached hydrogen (secondary N) is 1. The van der Waals surface area contributed by atoms with E-state index in [0.717, 1.165) is 12.1 Å². The minimum absolute atomic E-state index is 0.0134. The summed E-state index contributed by atoms with van der Waals surface area (Å²) in [6.45, 7) is 5.62. The summed E-state index contributed by atoms with van der Waals surface area (Å²) >= 11 is 6.12. The van der Waals surface area contributed by atoms with Gasteiger partial charge in [0.15, 0.2) is 0 Å².